The molecule has 17 heavy (non-hydrogen) atoms. The van der Waals surface area contributed by atoms with Crippen molar-refractivity contribution in [3.05, 3.63) is 17.3 Å². The first-order valence-corrected chi connectivity index (χ1v) is 6.12. The highest BCUT2D eigenvalue weighted by Gasteiger charge is 2.18. The molecule has 2 rings (SSSR count). The highest BCUT2D eigenvalue weighted by atomic mass is 16.4. The van der Waals surface area contributed by atoms with E-state index in [1.165, 1.54) is 12.8 Å². The van der Waals surface area contributed by atoms with Crippen LogP contribution in [0.15, 0.2) is 4.42 Å². The van der Waals surface area contributed by atoms with Crippen LogP contribution >= 0.6 is 0 Å². The van der Waals surface area contributed by atoms with E-state index in [2.05, 4.69) is 15.6 Å². The van der Waals surface area contributed by atoms with E-state index in [0.29, 0.717) is 29.9 Å². The first-order valence-electron chi connectivity index (χ1n) is 6.12. The first kappa shape index (κ1) is 12.1. The lowest BCUT2D eigenvalue weighted by Crippen LogP contribution is -2.43. The molecule has 0 aliphatic carbocycles. The second-order valence-corrected chi connectivity index (χ2v) is 4.50. The van der Waals surface area contributed by atoms with Crippen molar-refractivity contribution >= 4 is 5.91 Å². The SMILES string of the molecule is Cc1nc(C)c(C(=O)NCC2CCCCN2)o1. The van der Waals surface area contributed by atoms with Crippen LogP contribution in [0.3, 0.4) is 0 Å². The number of aromatic nitrogens is 1. The van der Waals surface area contributed by atoms with Crippen LogP contribution in [-0.4, -0.2) is 30.0 Å². The molecule has 1 saturated heterocycles. The van der Waals surface area contributed by atoms with Crippen LogP contribution in [0.4, 0.5) is 0 Å². The van der Waals surface area contributed by atoms with E-state index < -0.39 is 0 Å². The summed E-state index contributed by atoms with van der Waals surface area (Å²) in [6.45, 7) is 5.22. The number of amides is 1. The van der Waals surface area contributed by atoms with Crippen LogP contribution in [0.5, 0.6) is 0 Å². The maximum Gasteiger partial charge on any atom is 0.289 e. The van der Waals surface area contributed by atoms with Gasteiger partial charge in [0.15, 0.2) is 5.89 Å². The van der Waals surface area contributed by atoms with Crippen LogP contribution in [0.1, 0.15) is 41.4 Å². The molecular formula is C12H19N3O2. The highest BCUT2D eigenvalue weighted by Crippen LogP contribution is 2.10. The van der Waals surface area contributed by atoms with E-state index in [1.807, 2.05) is 0 Å². The van der Waals surface area contributed by atoms with Gasteiger partial charge in [-0.15, -0.1) is 0 Å². The molecule has 1 aliphatic rings. The van der Waals surface area contributed by atoms with Crippen molar-refractivity contribution in [2.24, 2.45) is 0 Å². The molecule has 1 fully saturated rings. The third-order valence-corrected chi connectivity index (χ3v) is 3.03. The van der Waals surface area contributed by atoms with Gasteiger partial charge in [0.25, 0.3) is 5.91 Å². The molecule has 1 unspecified atom stereocenters. The van der Waals surface area contributed by atoms with Crippen molar-refractivity contribution in [2.75, 3.05) is 13.1 Å². The number of hydrogen-bond donors (Lipinski definition) is 2. The molecule has 1 aromatic heterocycles. The number of nitrogens with one attached hydrogen (secondary N) is 2. The quantitative estimate of drug-likeness (QED) is 0.828. The number of nitrogens with zero attached hydrogens (tertiary/aromatic N) is 1. The van der Waals surface area contributed by atoms with Gasteiger partial charge in [-0.05, 0) is 26.3 Å². The summed E-state index contributed by atoms with van der Waals surface area (Å²) in [5.74, 6) is 0.692. The van der Waals surface area contributed by atoms with E-state index >= 15 is 0 Å². The Morgan fingerprint density at radius 3 is 2.94 bits per heavy atom. The van der Waals surface area contributed by atoms with Crippen LogP contribution in [0.25, 0.3) is 0 Å². The fourth-order valence-electron chi connectivity index (χ4n) is 2.14. The molecule has 0 saturated carbocycles. The zero-order chi connectivity index (χ0) is 12.3. The summed E-state index contributed by atoms with van der Waals surface area (Å²) in [5.41, 5.74) is 0.650. The first-order chi connectivity index (χ1) is 8.16. The monoisotopic (exact) mass is 237 g/mol. The van der Waals surface area contributed by atoms with Gasteiger partial charge >= 0.3 is 0 Å². The van der Waals surface area contributed by atoms with Gasteiger partial charge in [0.05, 0.1) is 5.69 Å². The summed E-state index contributed by atoms with van der Waals surface area (Å²) in [4.78, 5) is 15.9. The van der Waals surface area contributed by atoms with Crippen molar-refractivity contribution in [2.45, 2.75) is 39.2 Å². The van der Waals surface area contributed by atoms with Gasteiger partial charge in [-0.3, -0.25) is 4.79 Å². The number of carbonyl (C=O) groups is 1. The maximum atomic E-state index is 11.8. The Hall–Kier alpha value is -1.36. The Balaban J connectivity index is 1.86. The minimum absolute atomic E-state index is 0.171. The van der Waals surface area contributed by atoms with Crippen molar-refractivity contribution in [3.8, 4) is 0 Å². The predicted octanol–water partition coefficient (Wildman–Crippen LogP) is 1.16. The lowest BCUT2D eigenvalue weighted by molar-refractivity contribution is 0.0918. The average molecular weight is 237 g/mol. The van der Waals surface area contributed by atoms with Gasteiger partial charge in [-0.1, -0.05) is 6.42 Å². The number of hydrogen-bond acceptors (Lipinski definition) is 4. The molecule has 1 amide bonds. The molecule has 0 radical (unpaired) electrons. The number of aryl methyl sites for hydroxylation is 2. The fraction of sp³-hybridized carbons (Fsp3) is 0.667. The van der Waals surface area contributed by atoms with E-state index in [0.717, 1.165) is 13.0 Å². The molecule has 0 spiro atoms. The number of rotatable bonds is 3. The molecule has 1 aromatic rings. The normalized spacial score (nSPS) is 20.2. The molecule has 1 aliphatic heterocycles. The Kier molecular flexibility index (Phi) is 3.78. The van der Waals surface area contributed by atoms with Crippen molar-refractivity contribution < 1.29 is 9.21 Å². The van der Waals surface area contributed by atoms with Crippen LogP contribution in [-0.2, 0) is 0 Å². The molecule has 0 aromatic carbocycles. The van der Waals surface area contributed by atoms with Gasteiger partial charge in [0.2, 0.25) is 5.76 Å². The van der Waals surface area contributed by atoms with E-state index in [9.17, 15) is 4.79 Å². The van der Waals surface area contributed by atoms with Crippen molar-refractivity contribution in [1.82, 2.24) is 15.6 Å². The average Bonchev–Trinajstić information content (AvgIpc) is 2.67. The highest BCUT2D eigenvalue weighted by molar-refractivity contribution is 5.92. The molecule has 5 heteroatoms. The smallest absolute Gasteiger partial charge is 0.289 e. The fourth-order valence-corrected chi connectivity index (χ4v) is 2.14. The summed E-state index contributed by atoms with van der Waals surface area (Å²) < 4.78 is 5.27. The maximum absolute atomic E-state index is 11.8. The van der Waals surface area contributed by atoms with Gasteiger partial charge in [-0.25, -0.2) is 4.98 Å². The molecule has 5 nitrogen and oxygen atoms in total. The summed E-state index contributed by atoms with van der Waals surface area (Å²) in [7, 11) is 0. The summed E-state index contributed by atoms with van der Waals surface area (Å²) >= 11 is 0. The summed E-state index contributed by atoms with van der Waals surface area (Å²) in [6, 6.07) is 0.386. The number of oxazole rings is 1. The van der Waals surface area contributed by atoms with Crippen molar-refractivity contribution in [1.29, 1.82) is 0 Å². The van der Waals surface area contributed by atoms with Crippen molar-refractivity contribution in [3.63, 3.8) is 0 Å². The second-order valence-electron chi connectivity index (χ2n) is 4.50. The molecule has 94 valence electrons. The largest absolute Gasteiger partial charge is 0.436 e. The Morgan fingerprint density at radius 1 is 1.53 bits per heavy atom. The number of piperidine rings is 1. The number of carbonyl (C=O) groups excluding carboxylic acids is 1. The molecule has 2 N–H and O–H groups in total. The molecule has 2 heterocycles. The molecule has 0 bridgehead atoms. The third-order valence-electron chi connectivity index (χ3n) is 3.03. The summed E-state index contributed by atoms with van der Waals surface area (Å²) in [5, 5.41) is 6.27. The summed E-state index contributed by atoms with van der Waals surface area (Å²) in [6.07, 6.45) is 3.58. The Bertz CT molecular complexity index is 394. The van der Waals surface area contributed by atoms with Crippen LogP contribution in [0.2, 0.25) is 0 Å². The van der Waals surface area contributed by atoms with E-state index in [1.54, 1.807) is 13.8 Å². The minimum Gasteiger partial charge on any atom is -0.436 e. The van der Waals surface area contributed by atoms with Gasteiger partial charge < -0.3 is 15.1 Å². The third kappa shape index (κ3) is 3.06. The lowest BCUT2D eigenvalue weighted by atomic mass is 10.1. The second kappa shape index (κ2) is 5.31. The minimum atomic E-state index is -0.171. The van der Waals surface area contributed by atoms with Gasteiger partial charge in [-0.2, -0.15) is 0 Å². The molecular weight excluding hydrogens is 218 g/mol. The zero-order valence-corrected chi connectivity index (χ0v) is 10.4. The van der Waals surface area contributed by atoms with Gasteiger partial charge in [0, 0.05) is 19.5 Å². The van der Waals surface area contributed by atoms with Gasteiger partial charge in [0.1, 0.15) is 0 Å². The van der Waals surface area contributed by atoms with Crippen LogP contribution in [0, 0.1) is 13.8 Å². The Labute approximate surface area is 101 Å². The molecule has 1 atom stereocenters. The predicted molar refractivity (Wildman–Crippen MR) is 64.0 cm³/mol. The van der Waals surface area contributed by atoms with Crippen LogP contribution < -0.4 is 10.6 Å². The zero-order valence-electron chi connectivity index (χ0n) is 10.4. The standard InChI is InChI=1S/C12H19N3O2/c1-8-11(17-9(2)15-8)12(16)14-7-10-5-3-4-6-13-10/h10,13H,3-7H2,1-2H3,(H,14,16). The van der Waals surface area contributed by atoms with E-state index in [-0.39, 0.29) is 5.91 Å². The topological polar surface area (TPSA) is 67.2 Å². The Morgan fingerprint density at radius 2 is 2.35 bits per heavy atom. The lowest BCUT2D eigenvalue weighted by Gasteiger charge is -2.23. The van der Waals surface area contributed by atoms with E-state index in [4.69, 9.17) is 4.42 Å².